The van der Waals surface area contributed by atoms with Crippen molar-refractivity contribution in [2.24, 2.45) is 0 Å². The fourth-order valence-corrected chi connectivity index (χ4v) is 4.08. The molecule has 0 bridgehead atoms. The molecule has 1 saturated heterocycles. The Hall–Kier alpha value is -3.18. The minimum absolute atomic E-state index is 0.0603. The van der Waals surface area contributed by atoms with Gasteiger partial charge in [0.05, 0.1) is 0 Å². The first kappa shape index (κ1) is 17.9. The molecule has 1 aromatic heterocycles. The smallest absolute Gasteiger partial charge is 0.254 e. The van der Waals surface area contributed by atoms with Crippen LogP contribution in [0.1, 0.15) is 21.5 Å². The van der Waals surface area contributed by atoms with Crippen LogP contribution in [0, 0.1) is 0 Å². The second-order valence-corrected chi connectivity index (χ2v) is 7.65. The third-order valence-electron chi connectivity index (χ3n) is 5.77. The van der Waals surface area contributed by atoms with Crippen LogP contribution in [0.2, 0.25) is 0 Å². The zero-order valence-electron chi connectivity index (χ0n) is 16.2. The number of rotatable bonds is 4. The highest BCUT2D eigenvalue weighted by molar-refractivity contribution is 5.95. The number of nitrogens with zero attached hydrogens (tertiary/aromatic N) is 3. The highest BCUT2D eigenvalue weighted by Gasteiger charge is 2.36. The van der Waals surface area contributed by atoms with E-state index in [0.29, 0.717) is 23.2 Å². The first-order chi connectivity index (χ1) is 14.3. The minimum Gasteiger partial charge on any atom is -0.439 e. The summed E-state index contributed by atoms with van der Waals surface area (Å²) < 4.78 is 5.76. The maximum absolute atomic E-state index is 12.9. The Bertz CT molecular complexity index is 1020. The van der Waals surface area contributed by atoms with Gasteiger partial charge in [-0.05, 0) is 41.8 Å². The molecule has 2 aromatic carbocycles. The average molecular weight is 385 g/mol. The monoisotopic (exact) mass is 385 g/mol. The van der Waals surface area contributed by atoms with E-state index >= 15 is 0 Å². The third-order valence-corrected chi connectivity index (χ3v) is 5.77. The normalized spacial score (nSPS) is 16.8. The second-order valence-electron chi connectivity index (χ2n) is 7.65. The topological polar surface area (TPSA) is 45.7 Å². The van der Waals surface area contributed by atoms with E-state index in [0.717, 1.165) is 32.6 Å². The molecule has 0 radical (unpaired) electrons. The molecular formula is C24H23N3O2. The van der Waals surface area contributed by atoms with Crippen molar-refractivity contribution in [3.05, 3.63) is 89.6 Å². The van der Waals surface area contributed by atoms with Gasteiger partial charge in [-0.1, -0.05) is 36.4 Å². The Morgan fingerprint density at radius 1 is 0.966 bits per heavy atom. The van der Waals surface area contributed by atoms with Crippen LogP contribution in [-0.2, 0) is 13.0 Å². The molecule has 0 atom stereocenters. The summed E-state index contributed by atoms with van der Waals surface area (Å²) in [6, 6.07) is 22.0. The van der Waals surface area contributed by atoms with Crippen molar-refractivity contribution < 1.29 is 9.53 Å². The lowest BCUT2D eigenvalue weighted by atomic mass is 9.96. The molecule has 0 N–H and O–H groups in total. The van der Waals surface area contributed by atoms with Crippen molar-refractivity contribution in [2.75, 3.05) is 19.6 Å². The quantitative estimate of drug-likeness (QED) is 0.686. The Balaban J connectivity index is 1.20. The van der Waals surface area contributed by atoms with Gasteiger partial charge in [0, 0.05) is 50.0 Å². The number of ether oxygens (including phenoxy) is 1. The van der Waals surface area contributed by atoms with Crippen LogP contribution in [-0.4, -0.2) is 46.4 Å². The second kappa shape index (κ2) is 7.68. The Morgan fingerprint density at radius 2 is 1.79 bits per heavy atom. The Kier molecular flexibility index (Phi) is 4.74. The number of fused-ring (bicyclic) bond motifs is 1. The summed E-state index contributed by atoms with van der Waals surface area (Å²) in [7, 11) is 0. The van der Waals surface area contributed by atoms with E-state index < -0.39 is 0 Å². The molecule has 0 spiro atoms. The number of hydrogen-bond donors (Lipinski definition) is 0. The molecular weight excluding hydrogens is 362 g/mol. The number of likely N-dealkylation sites (tertiary alicyclic amines) is 1. The van der Waals surface area contributed by atoms with Crippen LogP contribution in [0.3, 0.4) is 0 Å². The molecule has 0 aliphatic carbocycles. The van der Waals surface area contributed by atoms with Gasteiger partial charge in [-0.2, -0.15) is 0 Å². The van der Waals surface area contributed by atoms with E-state index in [2.05, 4.69) is 34.1 Å². The van der Waals surface area contributed by atoms with E-state index in [1.807, 2.05) is 35.2 Å². The summed E-state index contributed by atoms with van der Waals surface area (Å²) in [6.45, 7) is 3.62. The molecule has 1 fully saturated rings. The van der Waals surface area contributed by atoms with Crippen LogP contribution < -0.4 is 4.74 Å². The summed E-state index contributed by atoms with van der Waals surface area (Å²) in [5.41, 5.74) is 3.53. The van der Waals surface area contributed by atoms with Gasteiger partial charge in [0.2, 0.25) is 5.88 Å². The van der Waals surface area contributed by atoms with E-state index in [1.54, 1.807) is 18.3 Å². The van der Waals surface area contributed by atoms with Crippen molar-refractivity contribution in [3.63, 3.8) is 0 Å². The maximum atomic E-state index is 12.9. The molecule has 2 aliphatic rings. The molecule has 2 aliphatic heterocycles. The summed E-state index contributed by atoms with van der Waals surface area (Å²) in [5, 5.41) is 0. The molecule has 3 heterocycles. The van der Waals surface area contributed by atoms with Gasteiger partial charge < -0.3 is 9.64 Å². The van der Waals surface area contributed by atoms with Gasteiger partial charge in [-0.3, -0.25) is 9.69 Å². The molecule has 146 valence electrons. The number of aromatic nitrogens is 1. The largest absolute Gasteiger partial charge is 0.439 e. The van der Waals surface area contributed by atoms with Crippen molar-refractivity contribution in [2.45, 2.75) is 19.0 Å². The number of pyridine rings is 1. The van der Waals surface area contributed by atoms with Gasteiger partial charge in [-0.15, -0.1) is 0 Å². The highest BCUT2D eigenvalue weighted by atomic mass is 16.5. The number of carbonyl (C=O) groups is 1. The number of hydrogen-bond acceptors (Lipinski definition) is 4. The van der Waals surface area contributed by atoms with Gasteiger partial charge in [0.15, 0.2) is 0 Å². The lowest BCUT2D eigenvalue weighted by Crippen LogP contribution is -2.61. The Labute approximate surface area is 170 Å². The van der Waals surface area contributed by atoms with Crippen LogP contribution in [0.5, 0.6) is 11.6 Å². The molecule has 0 saturated carbocycles. The fraction of sp³-hybridized carbons (Fsp3) is 0.250. The summed E-state index contributed by atoms with van der Waals surface area (Å²) >= 11 is 0. The van der Waals surface area contributed by atoms with Crippen molar-refractivity contribution in [3.8, 4) is 11.6 Å². The first-order valence-electron chi connectivity index (χ1n) is 10.1. The van der Waals surface area contributed by atoms with E-state index in [-0.39, 0.29) is 5.91 Å². The minimum atomic E-state index is 0.0603. The van der Waals surface area contributed by atoms with E-state index in [9.17, 15) is 4.79 Å². The van der Waals surface area contributed by atoms with Crippen molar-refractivity contribution in [1.82, 2.24) is 14.8 Å². The first-order valence-corrected chi connectivity index (χ1v) is 10.1. The van der Waals surface area contributed by atoms with Gasteiger partial charge >= 0.3 is 0 Å². The zero-order chi connectivity index (χ0) is 19.6. The lowest BCUT2D eigenvalue weighted by molar-refractivity contribution is 0.0218. The fourth-order valence-electron chi connectivity index (χ4n) is 4.08. The third kappa shape index (κ3) is 3.74. The predicted octanol–water partition coefficient (Wildman–Crippen LogP) is 3.76. The van der Waals surface area contributed by atoms with E-state index in [1.165, 1.54) is 11.1 Å². The number of amides is 1. The highest BCUT2D eigenvalue weighted by Crippen LogP contribution is 2.26. The maximum Gasteiger partial charge on any atom is 0.254 e. The van der Waals surface area contributed by atoms with Crippen LogP contribution in [0.4, 0.5) is 0 Å². The molecule has 1 amide bonds. The molecule has 3 aromatic rings. The SMILES string of the molecule is O=C(c1cccc(Oc2ccccn2)c1)N1CC(N2CCc3ccccc3C2)C1. The van der Waals surface area contributed by atoms with E-state index in [4.69, 9.17) is 4.74 Å². The van der Waals surface area contributed by atoms with Gasteiger partial charge in [0.25, 0.3) is 5.91 Å². The summed E-state index contributed by atoms with van der Waals surface area (Å²) in [5.74, 6) is 1.20. The summed E-state index contributed by atoms with van der Waals surface area (Å²) in [4.78, 5) is 21.5. The van der Waals surface area contributed by atoms with Gasteiger partial charge in [-0.25, -0.2) is 4.98 Å². The summed E-state index contributed by atoms with van der Waals surface area (Å²) in [6.07, 6.45) is 2.77. The number of benzene rings is 2. The molecule has 5 nitrogen and oxygen atoms in total. The van der Waals surface area contributed by atoms with Crippen molar-refractivity contribution in [1.29, 1.82) is 0 Å². The predicted molar refractivity (Wildman–Crippen MR) is 111 cm³/mol. The molecule has 0 unspecified atom stereocenters. The van der Waals surface area contributed by atoms with Crippen LogP contribution in [0.25, 0.3) is 0 Å². The standard InChI is InChI=1S/C24H23N3O2/c28-24(19-8-5-9-22(14-19)29-23-10-3-4-12-25-23)27-16-21(17-27)26-13-11-18-6-1-2-7-20(18)15-26/h1-10,12,14,21H,11,13,15-17H2. The Morgan fingerprint density at radius 3 is 2.62 bits per heavy atom. The lowest BCUT2D eigenvalue weighted by Gasteiger charge is -2.47. The van der Waals surface area contributed by atoms with Crippen molar-refractivity contribution >= 4 is 5.91 Å². The molecule has 29 heavy (non-hydrogen) atoms. The van der Waals surface area contributed by atoms with Gasteiger partial charge in [0.1, 0.15) is 5.75 Å². The number of carbonyl (C=O) groups excluding carboxylic acids is 1. The zero-order valence-corrected chi connectivity index (χ0v) is 16.2. The molecule has 5 heteroatoms. The van der Waals surface area contributed by atoms with Crippen LogP contribution >= 0.6 is 0 Å². The van der Waals surface area contributed by atoms with Crippen LogP contribution in [0.15, 0.2) is 72.9 Å². The average Bonchev–Trinajstić information content (AvgIpc) is 2.73. The molecule has 5 rings (SSSR count).